The fraction of sp³-hybridized carbons (Fsp3) is 0.500. The van der Waals surface area contributed by atoms with Crippen molar-refractivity contribution >= 4 is 11.9 Å². The molecule has 0 bridgehead atoms. The van der Waals surface area contributed by atoms with Gasteiger partial charge in [-0.25, -0.2) is 0 Å². The minimum atomic E-state index is -0.243. The van der Waals surface area contributed by atoms with Crippen molar-refractivity contribution in [1.82, 2.24) is 0 Å². The average molecular weight is 789 g/mol. The molecule has 0 aliphatic heterocycles. The second kappa shape index (κ2) is 23.1. The molecule has 58 heavy (non-hydrogen) atoms. The summed E-state index contributed by atoms with van der Waals surface area (Å²) in [6.07, 6.45) is 17.3. The van der Waals surface area contributed by atoms with Gasteiger partial charge >= 0.3 is 11.9 Å². The van der Waals surface area contributed by atoms with E-state index >= 15 is 0 Å². The number of hydrogen-bond donors (Lipinski definition) is 0. The molecule has 0 saturated heterocycles. The standard InChI is InChI=1S/C52H68O6/c1-7-9-11-13-15-17-31-55-43-23-27-47(37(3)33-43)49-29-25-45(35-39(49)5)57-51(53)41-19-21-42(22-20-41)52(54)58-46-26-30-50(40(6)36-46)48-28-24-44(34-38(48)4)56-32-18-16-14-12-10-8-2/h23-30,33-36,41-42H,7-22,31-32H2,1-6H3/t41-,42-. The van der Waals surface area contributed by atoms with Crippen molar-refractivity contribution in [3.05, 3.63) is 95.1 Å². The van der Waals surface area contributed by atoms with Crippen LogP contribution in [0.15, 0.2) is 72.8 Å². The number of benzene rings is 4. The number of carbonyl (C=O) groups is 2. The fourth-order valence-corrected chi connectivity index (χ4v) is 8.17. The third-order valence-corrected chi connectivity index (χ3v) is 11.7. The minimum Gasteiger partial charge on any atom is -0.494 e. The van der Waals surface area contributed by atoms with Crippen LogP contribution in [0.2, 0.25) is 0 Å². The van der Waals surface area contributed by atoms with Crippen LogP contribution in [0.5, 0.6) is 23.0 Å². The maximum absolute atomic E-state index is 13.2. The third-order valence-electron chi connectivity index (χ3n) is 11.7. The summed E-state index contributed by atoms with van der Waals surface area (Å²) in [6.45, 7) is 14.3. The van der Waals surface area contributed by atoms with Crippen molar-refractivity contribution in [3.63, 3.8) is 0 Å². The van der Waals surface area contributed by atoms with Crippen molar-refractivity contribution in [1.29, 1.82) is 0 Å². The minimum absolute atomic E-state index is 0.235. The Kier molecular flexibility index (Phi) is 17.8. The summed E-state index contributed by atoms with van der Waals surface area (Å²) in [5, 5.41) is 0. The van der Waals surface area contributed by atoms with Crippen LogP contribution in [-0.2, 0) is 9.59 Å². The largest absolute Gasteiger partial charge is 0.494 e. The Morgan fingerprint density at radius 2 is 0.724 bits per heavy atom. The summed E-state index contributed by atoms with van der Waals surface area (Å²) in [5.41, 5.74) is 8.88. The van der Waals surface area contributed by atoms with Gasteiger partial charge in [-0.3, -0.25) is 9.59 Å². The Hall–Kier alpha value is -4.58. The molecule has 5 rings (SSSR count). The zero-order valence-electron chi connectivity index (χ0n) is 36.3. The van der Waals surface area contributed by atoms with Crippen LogP contribution in [-0.4, -0.2) is 25.2 Å². The molecule has 1 aliphatic carbocycles. The SMILES string of the molecule is CCCCCCCCOc1ccc(-c2ccc(OC(=O)[C@H]3CC[C@H](C(=O)Oc4ccc(-c5ccc(OCCCCCCCC)cc5C)c(C)c4)CC3)cc2C)c(C)c1. The first kappa shape index (κ1) is 44.5. The van der Waals surface area contributed by atoms with E-state index in [1.54, 1.807) is 0 Å². The van der Waals surface area contributed by atoms with Gasteiger partial charge in [0.2, 0.25) is 0 Å². The zero-order chi connectivity index (χ0) is 41.3. The maximum Gasteiger partial charge on any atom is 0.314 e. The normalized spacial score (nSPS) is 15.2. The predicted octanol–water partition coefficient (Wildman–Crippen LogP) is 14.1. The molecule has 1 aliphatic rings. The highest BCUT2D eigenvalue weighted by Crippen LogP contribution is 2.36. The van der Waals surface area contributed by atoms with Gasteiger partial charge in [0.1, 0.15) is 23.0 Å². The molecule has 4 aromatic carbocycles. The zero-order valence-corrected chi connectivity index (χ0v) is 36.3. The molecule has 6 heteroatoms. The first-order chi connectivity index (χ1) is 28.2. The predicted molar refractivity (Wildman–Crippen MR) is 237 cm³/mol. The van der Waals surface area contributed by atoms with Crippen LogP contribution >= 0.6 is 0 Å². The quantitative estimate of drug-likeness (QED) is 0.0449. The Balaban J connectivity index is 1.06. The van der Waals surface area contributed by atoms with Crippen LogP contribution in [0.1, 0.15) is 139 Å². The number of hydrogen-bond acceptors (Lipinski definition) is 6. The van der Waals surface area contributed by atoms with E-state index in [-0.39, 0.29) is 23.8 Å². The van der Waals surface area contributed by atoms with E-state index in [0.717, 1.165) is 82.1 Å². The molecular formula is C52H68O6. The molecule has 0 spiro atoms. The van der Waals surface area contributed by atoms with Crippen LogP contribution in [0.3, 0.4) is 0 Å². The molecular weight excluding hydrogens is 721 g/mol. The van der Waals surface area contributed by atoms with Gasteiger partial charge in [-0.2, -0.15) is 0 Å². The lowest BCUT2D eigenvalue weighted by Crippen LogP contribution is -2.30. The lowest BCUT2D eigenvalue weighted by molar-refractivity contribution is -0.145. The Morgan fingerprint density at radius 1 is 0.431 bits per heavy atom. The molecule has 1 fully saturated rings. The summed E-state index contributed by atoms with van der Waals surface area (Å²) < 4.78 is 23.8. The van der Waals surface area contributed by atoms with Gasteiger partial charge in [0.15, 0.2) is 0 Å². The summed E-state index contributed by atoms with van der Waals surface area (Å²) in [6, 6.07) is 24.2. The van der Waals surface area contributed by atoms with Gasteiger partial charge < -0.3 is 18.9 Å². The Bertz CT molecular complexity index is 1780. The van der Waals surface area contributed by atoms with E-state index in [4.69, 9.17) is 18.9 Å². The molecule has 0 amide bonds. The van der Waals surface area contributed by atoms with E-state index in [1.807, 2.05) is 62.4 Å². The van der Waals surface area contributed by atoms with Gasteiger partial charge in [-0.05, 0) is 159 Å². The summed E-state index contributed by atoms with van der Waals surface area (Å²) in [4.78, 5) is 26.5. The number of unbranched alkanes of at least 4 members (excludes halogenated alkanes) is 10. The molecule has 0 heterocycles. The second-order valence-electron chi connectivity index (χ2n) is 16.5. The van der Waals surface area contributed by atoms with E-state index < -0.39 is 0 Å². The van der Waals surface area contributed by atoms with E-state index in [9.17, 15) is 9.59 Å². The van der Waals surface area contributed by atoms with Gasteiger partial charge in [0.05, 0.1) is 25.0 Å². The van der Waals surface area contributed by atoms with E-state index in [1.165, 1.54) is 64.2 Å². The van der Waals surface area contributed by atoms with Gasteiger partial charge in [-0.1, -0.05) is 102 Å². The molecule has 1 saturated carbocycles. The first-order valence-electron chi connectivity index (χ1n) is 22.3. The Morgan fingerprint density at radius 3 is 1.05 bits per heavy atom. The van der Waals surface area contributed by atoms with Crippen molar-refractivity contribution in [3.8, 4) is 45.3 Å². The average Bonchev–Trinajstić information content (AvgIpc) is 3.21. The molecule has 0 aromatic heterocycles. The number of carbonyl (C=O) groups excluding carboxylic acids is 2. The van der Waals surface area contributed by atoms with Gasteiger partial charge in [0, 0.05) is 0 Å². The van der Waals surface area contributed by atoms with Crippen molar-refractivity contribution in [2.24, 2.45) is 11.8 Å². The number of rotatable bonds is 22. The van der Waals surface area contributed by atoms with E-state index in [2.05, 4.69) is 52.0 Å². The summed E-state index contributed by atoms with van der Waals surface area (Å²) in [7, 11) is 0. The lowest BCUT2D eigenvalue weighted by atomic mass is 9.82. The molecule has 0 N–H and O–H groups in total. The lowest BCUT2D eigenvalue weighted by Gasteiger charge is -2.26. The molecule has 0 atom stereocenters. The van der Waals surface area contributed by atoms with Gasteiger partial charge in [0.25, 0.3) is 0 Å². The van der Waals surface area contributed by atoms with Crippen LogP contribution < -0.4 is 18.9 Å². The smallest absolute Gasteiger partial charge is 0.314 e. The van der Waals surface area contributed by atoms with E-state index in [0.29, 0.717) is 37.2 Å². The maximum atomic E-state index is 13.2. The number of aryl methyl sites for hydroxylation is 4. The molecule has 312 valence electrons. The number of esters is 2. The highest BCUT2D eigenvalue weighted by Gasteiger charge is 2.32. The summed E-state index contributed by atoms with van der Waals surface area (Å²) >= 11 is 0. The monoisotopic (exact) mass is 789 g/mol. The first-order valence-corrected chi connectivity index (χ1v) is 22.3. The highest BCUT2D eigenvalue weighted by atomic mass is 16.5. The number of ether oxygens (including phenoxy) is 4. The second-order valence-corrected chi connectivity index (χ2v) is 16.5. The topological polar surface area (TPSA) is 71.1 Å². The molecule has 0 unspecified atom stereocenters. The fourth-order valence-electron chi connectivity index (χ4n) is 8.17. The Labute approximate surface area is 349 Å². The van der Waals surface area contributed by atoms with Crippen LogP contribution in [0.25, 0.3) is 22.3 Å². The molecule has 4 aromatic rings. The molecule has 6 nitrogen and oxygen atoms in total. The highest BCUT2D eigenvalue weighted by molar-refractivity contribution is 5.79. The summed E-state index contributed by atoms with van der Waals surface area (Å²) in [5.74, 6) is 1.95. The van der Waals surface area contributed by atoms with Crippen LogP contribution in [0, 0.1) is 39.5 Å². The van der Waals surface area contributed by atoms with Crippen molar-refractivity contribution < 1.29 is 28.5 Å². The van der Waals surface area contributed by atoms with Crippen molar-refractivity contribution in [2.75, 3.05) is 13.2 Å². The van der Waals surface area contributed by atoms with Crippen molar-refractivity contribution in [2.45, 2.75) is 144 Å². The van der Waals surface area contributed by atoms with Gasteiger partial charge in [-0.15, -0.1) is 0 Å². The third kappa shape index (κ3) is 13.2. The van der Waals surface area contributed by atoms with Crippen LogP contribution in [0.4, 0.5) is 0 Å². The molecule has 0 radical (unpaired) electrons.